The molecule has 0 aromatic heterocycles. The summed E-state index contributed by atoms with van der Waals surface area (Å²) in [6, 6.07) is 0. The molecule has 2 rings (SSSR count). The average Bonchev–Trinajstić information content (AvgIpc) is 2.78. The number of aliphatic hydroxyl groups excluding tert-OH is 1. The van der Waals surface area contributed by atoms with Crippen molar-refractivity contribution in [1.29, 1.82) is 0 Å². The summed E-state index contributed by atoms with van der Waals surface area (Å²) in [5.41, 5.74) is 1.01. The fourth-order valence-electron chi connectivity index (χ4n) is 3.47. The van der Waals surface area contributed by atoms with Gasteiger partial charge < -0.3 is 19.3 Å². The Kier molecular flexibility index (Phi) is 6.23. The maximum absolute atomic E-state index is 12.1. The van der Waals surface area contributed by atoms with Crippen LogP contribution in [0.2, 0.25) is 0 Å². The SMILES string of the molecule is C=C1[C@H](O)C[C@H](OC(C)=O)C(C)=C[C@H]2OC(=O)[C@@H](C)[C@@H]2C[C@@H]1OC(C)=O. The highest BCUT2D eigenvalue weighted by molar-refractivity contribution is 5.75. The fraction of sp³-hybridized carbons (Fsp3) is 0.632. The molecule has 2 aliphatic rings. The van der Waals surface area contributed by atoms with Crippen molar-refractivity contribution in [3.05, 3.63) is 23.8 Å². The van der Waals surface area contributed by atoms with Gasteiger partial charge >= 0.3 is 17.9 Å². The van der Waals surface area contributed by atoms with Crippen LogP contribution in [-0.4, -0.2) is 47.4 Å². The first-order valence-corrected chi connectivity index (χ1v) is 8.70. The van der Waals surface area contributed by atoms with E-state index in [1.807, 2.05) is 0 Å². The number of esters is 3. The van der Waals surface area contributed by atoms with Gasteiger partial charge in [0, 0.05) is 26.2 Å². The number of rotatable bonds is 2. The Morgan fingerprint density at radius 2 is 1.77 bits per heavy atom. The third-order valence-corrected chi connectivity index (χ3v) is 5.00. The van der Waals surface area contributed by atoms with E-state index in [9.17, 15) is 19.5 Å². The van der Waals surface area contributed by atoms with E-state index in [1.54, 1.807) is 19.9 Å². The van der Waals surface area contributed by atoms with Gasteiger partial charge in [-0.05, 0) is 30.6 Å². The molecule has 1 aliphatic heterocycles. The standard InChI is InChI=1S/C19H26O7/c1-9-6-18-14(10(2)19(23)26-18)7-17(25-13(5)21)11(3)15(22)8-16(9)24-12(4)20/h6,10,14-18,22H,3,7-8H2,1-2,4-5H3/t10-,14-,15+,16-,17-,18+/m0/s1. The molecule has 1 heterocycles. The molecule has 1 aliphatic carbocycles. The molecule has 0 unspecified atom stereocenters. The smallest absolute Gasteiger partial charge is 0.309 e. The topological polar surface area (TPSA) is 99.1 Å². The van der Waals surface area contributed by atoms with E-state index in [1.165, 1.54) is 13.8 Å². The molecule has 0 aromatic rings. The van der Waals surface area contributed by atoms with E-state index in [0.717, 1.165) is 0 Å². The van der Waals surface area contributed by atoms with Gasteiger partial charge in [-0.1, -0.05) is 13.5 Å². The van der Waals surface area contributed by atoms with Crippen LogP contribution in [0.3, 0.4) is 0 Å². The lowest BCUT2D eigenvalue weighted by atomic mass is 9.81. The monoisotopic (exact) mass is 366 g/mol. The molecule has 1 saturated heterocycles. The van der Waals surface area contributed by atoms with Crippen LogP contribution < -0.4 is 0 Å². The average molecular weight is 366 g/mol. The van der Waals surface area contributed by atoms with Crippen molar-refractivity contribution in [2.75, 3.05) is 0 Å². The lowest BCUT2D eigenvalue weighted by Crippen LogP contribution is -2.35. The Hall–Kier alpha value is -2.15. The minimum atomic E-state index is -1.03. The van der Waals surface area contributed by atoms with Crippen LogP contribution in [0.1, 0.15) is 40.5 Å². The first kappa shape index (κ1) is 20.2. The molecule has 0 bridgehead atoms. The summed E-state index contributed by atoms with van der Waals surface area (Å²) < 4.78 is 16.1. The molecule has 144 valence electrons. The molecular formula is C19H26O7. The van der Waals surface area contributed by atoms with Gasteiger partial charge in [0.1, 0.15) is 18.3 Å². The Bertz CT molecular complexity index is 636. The first-order chi connectivity index (χ1) is 12.1. The summed E-state index contributed by atoms with van der Waals surface area (Å²) in [6.45, 7) is 9.98. The number of aliphatic hydroxyl groups is 1. The van der Waals surface area contributed by atoms with E-state index in [0.29, 0.717) is 17.6 Å². The van der Waals surface area contributed by atoms with E-state index < -0.39 is 42.3 Å². The number of carbonyl (C=O) groups excluding carboxylic acids is 3. The third-order valence-electron chi connectivity index (χ3n) is 5.00. The van der Waals surface area contributed by atoms with Gasteiger partial charge in [-0.25, -0.2) is 0 Å². The molecule has 7 nitrogen and oxygen atoms in total. The number of carbonyl (C=O) groups is 3. The maximum Gasteiger partial charge on any atom is 0.309 e. The summed E-state index contributed by atoms with van der Waals surface area (Å²) >= 11 is 0. The lowest BCUT2D eigenvalue weighted by Gasteiger charge is -2.31. The minimum absolute atomic E-state index is 0.0827. The highest BCUT2D eigenvalue weighted by Crippen LogP contribution is 2.37. The lowest BCUT2D eigenvalue weighted by molar-refractivity contribution is -0.147. The summed E-state index contributed by atoms with van der Waals surface area (Å²) in [4.78, 5) is 35.0. The molecule has 0 amide bonds. The van der Waals surface area contributed by atoms with Gasteiger partial charge in [-0.15, -0.1) is 0 Å². The largest absolute Gasteiger partial charge is 0.458 e. The molecule has 0 radical (unpaired) electrons. The Morgan fingerprint density at radius 3 is 2.35 bits per heavy atom. The second-order valence-electron chi connectivity index (χ2n) is 7.02. The fourth-order valence-corrected chi connectivity index (χ4v) is 3.47. The summed E-state index contributed by atoms with van der Waals surface area (Å²) in [7, 11) is 0. The predicted molar refractivity (Wildman–Crippen MR) is 91.8 cm³/mol. The summed E-state index contributed by atoms with van der Waals surface area (Å²) in [6.07, 6.45) is -0.837. The van der Waals surface area contributed by atoms with Crippen LogP contribution in [0, 0.1) is 11.8 Å². The Labute approximate surface area is 153 Å². The van der Waals surface area contributed by atoms with Crippen LogP contribution in [0.5, 0.6) is 0 Å². The normalized spacial score (nSPS) is 35.0. The molecule has 0 spiro atoms. The van der Waals surface area contributed by atoms with E-state index in [2.05, 4.69) is 6.58 Å². The van der Waals surface area contributed by atoms with Crippen molar-refractivity contribution < 1.29 is 33.7 Å². The van der Waals surface area contributed by atoms with Crippen LogP contribution >= 0.6 is 0 Å². The number of hydrogen-bond donors (Lipinski definition) is 1. The maximum atomic E-state index is 12.1. The van der Waals surface area contributed by atoms with E-state index in [4.69, 9.17) is 14.2 Å². The van der Waals surface area contributed by atoms with Crippen LogP contribution in [0.4, 0.5) is 0 Å². The molecule has 26 heavy (non-hydrogen) atoms. The molecule has 7 heteroatoms. The van der Waals surface area contributed by atoms with Crippen LogP contribution in [-0.2, 0) is 28.6 Å². The van der Waals surface area contributed by atoms with Crippen molar-refractivity contribution in [3.8, 4) is 0 Å². The second-order valence-corrected chi connectivity index (χ2v) is 7.02. The highest BCUT2D eigenvalue weighted by atomic mass is 16.6. The highest BCUT2D eigenvalue weighted by Gasteiger charge is 2.44. The molecule has 1 N–H and O–H groups in total. The van der Waals surface area contributed by atoms with Crippen LogP contribution in [0.15, 0.2) is 23.8 Å². The predicted octanol–water partition coefficient (Wildman–Crippen LogP) is 1.68. The zero-order chi connectivity index (χ0) is 19.6. The zero-order valence-corrected chi connectivity index (χ0v) is 15.6. The molecule has 1 fully saturated rings. The third kappa shape index (κ3) is 4.52. The molecule has 0 saturated carbocycles. The van der Waals surface area contributed by atoms with Crippen molar-refractivity contribution in [3.63, 3.8) is 0 Å². The molecule has 0 aromatic carbocycles. The van der Waals surface area contributed by atoms with Gasteiger partial charge in [-0.2, -0.15) is 0 Å². The Morgan fingerprint density at radius 1 is 1.19 bits per heavy atom. The first-order valence-electron chi connectivity index (χ1n) is 8.70. The molecule has 6 atom stereocenters. The summed E-state index contributed by atoms with van der Waals surface area (Å²) in [5, 5.41) is 10.5. The van der Waals surface area contributed by atoms with Crippen LogP contribution in [0.25, 0.3) is 0 Å². The zero-order valence-electron chi connectivity index (χ0n) is 15.6. The van der Waals surface area contributed by atoms with Crippen molar-refractivity contribution in [2.45, 2.75) is 65.0 Å². The van der Waals surface area contributed by atoms with E-state index in [-0.39, 0.29) is 18.3 Å². The van der Waals surface area contributed by atoms with Gasteiger partial charge in [0.2, 0.25) is 0 Å². The van der Waals surface area contributed by atoms with E-state index >= 15 is 0 Å². The number of hydrogen-bond acceptors (Lipinski definition) is 7. The van der Waals surface area contributed by atoms with Crippen molar-refractivity contribution in [1.82, 2.24) is 0 Å². The van der Waals surface area contributed by atoms with Gasteiger partial charge in [0.25, 0.3) is 0 Å². The minimum Gasteiger partial charge on any atom is -0.458 e. The Balaban J connectivity index is 2.42. The second kappa shape index (κ2) is 8.03. The molecular weight excluding hydrogens is 340 g/mol. The number of fused-ring (bicyclic) bond motifs is 1. The van der Waals surface area contributed by atoms with Crippen molar-refractivity contribution >= 4 is 17.9 Å². The van der Waals surface area contributed by atoms with Gasteiger partial charge in [-0.3, -0.25) is 14.4 Å². The van der Waals surface area contributed by atoms with Gasteiger partial charge in [0.05, 0.1) is 12.0 Å². The summed E-state index contributed by atoms with van der Waals surface area (Å²) in [5.74, 6) is -1.96. The van der Waals surface area contributed by atoms with Crippen molar-refractivity contribution in [2.24, 2.45) is 11.8 Å². The number of ether oxygens (including phenoxy) is 3. The van der Waals surface area contributed by atoms with Gasteiger partial charge in [0.15, 0.2) is 0 Å². The quantitative estimate of drug-likeness (QED) is 0.451.